The van der Waals surface area contributed by atoms with Gasteiger partial charge in [-0.2, -0.15) is 0 Å². The number of nitrogens with zero attached hydrogens (tertiary/aromatic N) is 1. The van der Waals surface area contributed by atoms with E-state index < -0.39 is 39.0 Å². The second kappa shape index (κ2) is 6.08. The van der Waals surface area contributed by atoms with Crippen LogP contribution < -0.4 is 11.5 Å². The summed E-state index contributed by atoms with van der Waals surface area (Å²) in [6, 6.07) is 0. The van der Waals surface area contributed by atoms with Crippen molar-refractivity contribution in [1.29, 1.82) is 0 Å². The minimum atomic E-state index is -2.16. The van der Waals surface area contributed by atoms with Gasteiger partial charge in [0.2, 0.25) is 0 Å². The molecule has 5 nitrogen and oxygen atoms in total. The summed E-state index contributed by atoms with van der Waals surface area (Å²) in [7, 11) is 0. The predicted molar refractivity (Wildman–Crippen MR) is 73.4 cm³/mol. The fourth-order valence-corrected chi connectivity index (χ4v) is 12.1. The summed E-state index contributed by atoms with van der Waals surface area (Å²) in [6.07, 6.45) is 3.02. The molecular formula is C12H22InN3O2. The first-order chi connectivity index (χ1) is 8.32. The maximum absolute atomic E-state index is 12.0. The first kappa shape index (κ1) is 15.5. The second-order valence-electron chi connectivity index (χ2n) is 5.47. The Morgan fingerprint density at radius 1 is 1.39 bits per heavy atom. The first-order valence-electron chi connectivity index (χ1n) is 6.42. The van der Waals surface area contributed by atoms with E-state index in [1.165, 1.54) is 0 Å². The third-order valence-electron chi connectivity index (χ3n) is 4.23. The molecular weight excluding hydrogens is 333 g/mol. The second-order valence-corrected chi connectivity index (χ2v) is 14.1. The summed E-state index contributed by atoms with van der Waals surface area (Å²) in [4.78, 5) is 23.3. The van der Waals surface area contributed by atoms with Crippen LogP contribution in [0.25, 0.3) is 0 Å². The van der Waals surface area contributed by atoms with Gasteiger partial charge in [0, 0.05) is 0 Å². The molecule has 0 spiro atoms. The molecule has 6 heteroatoms. The van der Waals surface area contributed by atoms with E-state index in [9.17, 15) is 9.59 Å². The number of rotatable bonds is 6. The van der Waals surface area contributed by atoms with Crippen molar-refractivity contribution in [3.63, 3.8) is 0 Å². The summed E-state index contributed by atoms with van der Waals surface area (Å²) >= 11 is -2.16. The Hall–Kier alpha value is -0.520. The molecule has 0 aromatic heterocycles. The van der Waals surface area contributed by atoms with Crippen LogP contribution in [0.3, 0.4) is 0 Å². The first-order valence-corrected chi connectivity index (χ1v) is 12.1. The Kier molecular flexibility index (Phi) is 5.25. The van der Waals surface area contributed by atoms with Crippen molar-refractivity contribution in [2.24, 2.45) is 25.8 Å². The van der Waals surface area contributed by atoms with E-state index in [1.807, 2.05) is 27.0 Å². The van der Waals surface area contributed by atoms with Crippen LogP contribution in [0.15, 0.2) is 2.98 Å². The molecule has 0 bridgehead atoms. The third kappa shape index (κ3) is 2.90. The molecule has 0 aromatic carbocycles. The van der Waals surface area contributed by atoms with Crippen molar-refractivity contribution in [1.82, 2.24) is 0 Å². The average Bonchev–Trinajstić information content (AvgIpc) is 2.76. The van der Waals surface area contributed by atoms with Gasteiger partial charge in [-0.15, -0.1) is 0 Å². The van der Waals surface area contributed by atoms with E-state index in [0.29, 0.717) is 0 Å². The predicted octanol–water partition coefficient (Wildman–Crippen LogP) is 0.846. The molecule has 0 saturated carbocycles. The Balaban J connectivity index is 3.11. The number of primary amides is 2. The Morgan fingerprint density at radius 2 is 2.00 bits per heavy atom. The summed E-state index contributed by atoms with van der Waals surface area (Å²) in [5.74, 6) is -0.852. The van der Waals surface area contributed by atoms with Crippen molar-refractivity contribution in [3.05, 3.63) is 0 Å². The van der Waals surface area contributed by atoms with Gasteiger partial charge in [-0.25, -0.2) is 0 Å². The molecule has 1 rings (SSSR count). The van der Waals surface area contributed by atoms with Gasteiger partial charge in [-0.05, 0) is 0 Å². The molecule has 0 aliphatic carbocycles. The van der Waals surface area contributed by atoms with Gasteiger partial charge in [-0.1, -0.05) is 0 Å². The van der Waals surface area contributed by atoms with E-state index in [-0.39, 0.29) is 16.0 Å². The molecule has 2 unspecified atom stereocenters. The van der Waals surface area contributed by atoms with E-state index in [0.717, 1.165) is 10.6 Å². The molecule has 0 aromatic rings. The monoisotopic (exact) mass is 355 g/mol. The van der Waals surface area contributed by atoms with Gasteiger partial charge in [0.1, 0.15) is 0 Å². The summed E-state index contributed by atoms with van der Waals surface area (Å²) in [6.45, 7) is 5.92. The van der Waals surface area contributed by atoms with Gasteiger partial charge in [0.25, 0.3) is 0 Å². The van der Waals surface area contributed by atoms with Gasteiger partial charge in [0.15, 0.2) is 0 Å². The fraction of sp³-hybridized carbons (Fsp3) is 0.750. The van der Waals surface area contributed by atoms with Crippen molar-refractivity contribution in [3.8, 4) is 0 Å². The number of nitrogens with two attached hydrogens (primary N) is 2. The van der Waals surface area contributed by atoms with E-state index >= 15 is 0 Å². The molecule has 2 atom stereocenters. The van der Waals surface area contributed by atoms with Crippen LogP contribution in [0, 0.1) is 11.3 Å². The van der Waals surface area contributed by atoms with Crippen molar-refractivity contribution >= 4 is 39.8 Å². The zero-order valence-corrected chi connectivity index (χ0v) is 14.6. The van der Waals surface area contributed by atoms with Gasteiger partial charge in [-0.3, -0.25) is 0 Å². The molecule has 0 radical (unpaired) electrons. The summed E-state index contributed by atoms with van der Waals surface area (Å²) in [5.41, 5.74) is 10.1. The Morgan fingerprint density at radius 3 is 2.33 bits per heavy atom. The van der Waals surface area contributed by atoms with Gasteiger partial charge in [0.05, 0.1) is 0 Å². The molecule has 1 heterocycles. The van der Waals surface area contributed by atoms with Crippen LogP contribution in [0.2, 0.25) is 7.85 Å². The van der Waals surface area contributed by atoms with E-state index in [2.05, 4.69) is 2.98 Å². The molecule has 2 amide bonds. The zero-order chi connectivity index (χ0) is 13.9. The number of hydrogen-bond donors (Lipinski definition) is 2. The number of carbonyl (C=O) groups is 2. The molecule has 100 valence electrons. The van der Waals surface area contributed by atoms with Gasteiger partial charge < -0.3 is 0 Å². The van der Waals surface area contributed by atoms with Crippen LogP contribution >= 0.6 is 0 Å². The maximum atomic E-state index is 12.0. The SMILES string of the molecule is CC(C)C(CC(N)=O)(C(N)=O)[CH](C)[In]1[CH2]CC=[N]1. The third-order valence-corrected chi connectivity index (χ3v) is 13.6. The number of hydrogen-bond acceptors (Lipinski definition) is 3. The topological polar surface area (TPSA) is 98.5 Å². The Labute approximate surface area is 116 Å². The zero-order valence-electron chi connectivity index (χ0n) is 11.3. The Bertz CT molecular complexity index is 370. The van der Waals surface area contributed by atoms with Crippen LogP contribution in [0.4, 0.5) is 0 Å². The molecule has 0 saturated heterocycles. The molecule has 18 heavy (non-hydrogen) atoms. The van der Waals surface area contributed by atoms with E-state index in [4.69, 9.17) is 11.5 Å². The molecule has 0 fully saturated rings. The number of carbonyl (C=O) groups excluding carboxylic acids is 2. The van der Waals surface area contributed by atoms with Crippen LogP contribution in [0.1, 0.15) is 33.6 Å². The molecule has 1 aliphatic rings. The average molecular weight is 355 g/mol. The quantitative estimate of drug-likeness (QED) is 0.738. The van der Waals surface area contributed by atoms with Gasteiger partial charge >= 0.3 is 117 Å². The minimum absolute atomic E-state index is 0.00463. The summed E-state index contributed by atoms with van der Waals surface area (Å²) in [5, 5.41) is 0. The van der Waals surface area contributed by atoms with Crippen LogP contribution in [-0.4, -0.2) is 39.8 Å². The molecule has 4 N–H and O–H groups in total. The normalized spacial score (nSPS) is 19.9. The van der Waals surface area contributed by atoms with E-state index in [1.54, 1.807) is 0 Å². The summed E-state index contributed by atoms with van der Waals surface area (Å²) < 4.78 is 5.84. The van der Waals surface area contributed by atoms with Crippen molar-refractivity contribution in [2.75, 3.05) is 0 Å². The van der Waals surface area contributed by atoms with Crippen molar-refractivity contribution < 1.29 is 9.59 Å². The molecule has 1 aliphatic heterocycles. The fourth-order valence-electron chi connectivity index (χ4n) is 3.03. The van der Waals surface area contributed by atoms with Crippen LogP contribution in [-0.2, 0) is 9.59 Å². The van der Waals surface area contributed by atoms with Crippen LogP contribution in [0.5, 0.6) is 0 Å². The standard InChI is InChI=1S/C9H17N2O2.C3H5N.In/c1-4-9(6(2)3,8(11)13)5-7(10)12;1-2-3-4;/h4,6H,5H2,1-3H3,(H2,10,12)(H2,11,13);3H,1-2H2;/q;-1;+1. The van der Waals surface area contributed by atoms with Crippen molar-refractivity contribution in [2.45, 2.75) is 41.5 Å². The number of amides is 2.